The van der Waals surface area contributed by atoms with Crippen molar-refractivity contribution in [3.05, 3.63) is 0 Å². The quantitative estimate of drug-likeness (QED) is 0.401. The predicted octanol–water partition coefficient (Wildman–Crippen LogP) is -1.41. The number of carbonyl (C=O) groups is 2. The fourth-order valence-electron chi connectivity index (χ4n) is 0. The molecule has 86 valence electrons. The third-order valence-electron chi connectivity index (χ3n) is 0.463. The first-order valence-electron chi connectivity index (χ1n) is 2.45. The fraction of sp³-hybridized carbons (Fsp3) is 0.500. The molecule has 0 unspecified atom stereocenters. The van der Waals surface area contributed by atoms with Gasteiger partial charge in [-0.1, -0.05) is 0 Å². The summed E-state index contributed by atoms with van der Waals surface area (Å²) in [4.78, 5) is 17.6. The molecule has 0 radical (unpaired) electrons. The molecule has 0 aliphatic carbocycles. The van der Waals surface area contributed by atoms with Crippen LogP contribution in [-0.2, 0) is 31.3 Å². The molecule has 0 aromatic rings. The molecule has 0 rings (SSSR count). The molecule has 0 bridgehead atoms. The molecular weight excluding hydrogens is 274 g/mol. The molecule has 0 saturated carbocycles. The maximum absolute atomic E-state index is 10.5. The smallest absolute Gasteiger partial charge is 0.542 e. The number of hydrogen-bond acceptors (Lipinski definition) is 4. The number of hydrogen-bond donors (Lipinski definition) is 0. The topological polar surface area (TPSA) is 80.3 Å². The fourth-order valence-corrected chi connectivity index (χ4v) is 0. The summed E-state index contributed by atoms with van der Waals surface area (Å²) in [6.45, 7) is 0. The molecule has 0 aromatic carbocycles. The second-order valence-electron chi connectivity index (χ2n) is 1.57. The Kier molecular flexibility index (Phi) is 8.78. The number of alkyl halides is 6. The van der Waals surface area contributed by atoms with Crippen LogP contribution in [0.2, 0.25) is 0 Å². The van der Waals surface area contributed by atoms with Gasteiger partial charge in [-0.25, -0.2) is 0 Å². The zero-order chi connectivity index (χ0) is 12.2. The van der Waals surface area contributed by atoms with Crippen LogP contribution >= 0.6 is 0 Å². The van der Waals surface area contributed by atoms with Crippen LogP contribution in [0.4, 0.5) is 26.3 Å². The van der Waals surface area contributed by atoms with Gasteiger partial charge < -0.3 is 19.8 Å². The number of halogens is 6. The Labute approximate surface area is 92.8 Å². The van der Waals surface area contributed by atoms with Crippen LogP contribution in [0.25, 0.3) is 0 Å². The van der Waals surface area contributed by atoms with Crippen molar-refractivity contribution in [2.45, 2.75) is 12.4 Å². The summed E-state index contributed by atoms with van der Waals surface area (Å²) >= 11 is 0. The van der Waals surface area contributed by atoms with Gasteiger partial charge in [-0.15, -0.1) is 0 Å². The van der Waals surface area contributed by atoms with E-state index in [-0.39, 0.29) is 21.7 Å². The molecule has 0 heterocycles. The summed E-state index contributed by atoms with van der Waals surface area (Å²) in [5.41, 5.74) is 0. The Hall–Kier alpha value is -0.766. The number of carboxylic acids is 2. The van der Waals surface area contributed by atoms with Crippen LogP contribution in [-0.4, -0.2) is 24.3 Å². The van der Waals surface area contributed by atoms with E-state index in [0.717, 1.165) is 0 Å². The molecule has 0 aromatic heterocycles. The molecule has 0 aliphatic rings. The van der Waals surface area contributed by atoms with E-state index in [1.165, 1.54) is 0 Å². The van der Waals surface area contributed by atoms with Gasteiger partial charge in [0.05, 0.1) is 0 Å². The van der Waals surface area contributed by atoms with Gasteiger partial charge in [0.15, 0.2) is 0 Å². The Bertz CT molecular complexity index is 196. The van der Waals surface area contributed by atoms with E-state index in [9.17, 15) is 26.3 Å². The summed E-state index contributed by atoms with van der Waals surface area (Å²) in [5.74, 6) is -6.01. The predicted molar refractivity (Wildman–Crippen MR) is 22.1 cm³/mol. The van der Waals surface area contributed by atoms with Crippen molar-refractivity contribution < 1.29 is 67.9 Å². The SMILES string of the molecule is O=C([O-])C(F)(F)F.O=C([O-])C(F)(F)F.[Ti+2]. The monoisotopic (exact) mass is 274 g/mol. The number of aliphatic carboxylic acids is 2. The zero-order valence-corrected chi connectivity index (χ0v) is 7.96. The van der Waals surface area contributed by atoms with Crippen LogP contribution < -0.4 is 10.2 Å². The van der Waals surface area contributed by atoms with Crippen LogP contribution in [0.5, 0.6) is 0 Å². The molecule has 0 atom stereocenters. The second kappa shape index (κ2) is 6.67. The average Bonchev–Trinajstić information content (AvgIpc) is 1.83. The molecule has 0 amide bonds. The number of carboxylic acid groups (broad SMARTS) is 2. The normalized spacial score (nSPS) is 10.5. The van der Waals surface area contributed by atoms with Gasteiger partial charge >= 0.3 is 34.1 Å². The van der Waals surface area contributed by atoms with Crippen LogP contribution in [0.15, 0.2) is 0 Å². The molecule has 0 N–H and O–H groups in total. The van der Waals surface area contributed by atoms with Crippen LogP contribution in [0.1, 0.15) is 0 Å². The zero-order valence-electron chi connectivity index (χ0n) is 6.40. The second-order valence-corrected chi connectivity index (χ2v) is 1.57. The molecule has 0 spiro atoms. The van der Waals surface area contributed by atoms with Gasteiger partial charge in [-0.05, 0) is 0 Å². The van der Waals surface area contributed by atoms with Crippen molar-refractivity contribution in [1.82, 2.24) is 0 Å². The van der Waals surface area contributed by atoms with E-state index in [1.54, 1.807) is 0 Å². The average molecular weight is 274 g/mol. The van der Waals surface area contributed by atoms with Crippen molar-refractivity contribution in [2.75, 3.05) is 0 Å². The van der Waals surface area contributed by atoms with E-state index < -0.39 is 24.3 Å². The first-order valence-corrected chi connectivity index (χ1v) is 2.45. The van der Waals surface area contributed by atoms with E-state index in [4.69, 9.17) is 19.8 Å². The van der Waals surface area contributed by atoms with Crippen molar-refractivity contribution in [2.24, 2.45) is 0 Å². The van der Waals surface area contributed by atoms with Crippen LogP contribution in [0.3, 0.4) is 0 Å². The van der Waals surface area contributed by atoms with Crippen molar-refractivity contribution in [3.63, 3.8) is 0 Å². The first kappa shape index (κ1) is 19.8. The molecule has 15 heavy (non-hydrogen) atoms. The number of carbonyl (C=O) groups excluding carboxylic acids is 2. The van der Waals surface area contributed by atoms with E-state index in [1.807, 2.05) is 0 Å². The molecule has 0 aliphatic heterocycles. The van der Waals surface area contributed by atoms with Gasteiger partial charge in [0.25, 0.3) is 0 Å². The van der Waals surface area contributed by atoms with Crippen LogP contribution in [0, 0.1) is 0 Å². The minimum Gasteiger partial charge on any atom is -0.542 e. The van der Waals surface area contributed by atoms with Crippen molar-refractivity contribution >= 4 is 11.9 Å². The van der Waals surface area contributed by atoms with Gasteiger partial charge in [0.2, 0.25) is 0 Å². The standard InChI is InChI=1S/2C2HF3O2.Ti/c2*3-2(4,5)1(6)7;/h2*(H,6,7);/q;;+2/p-2. The van der Waals surface area contributed by atoms with Gasteiger partial charge in [0.1, 0.15) is 11.9 Å². The Morgan fingerprint density at radius 1 is 0.733 bits per heavy atom. The van der Waals surface area contributed by atoms with Crippen molar-refractivity contribution in [1.29, 1.82) is 0 Å². The summed E-state index contributed by atoms with van der Waals surface area (Å²) in [7, 11) is 0. The van der Waals surface area contributed by atoms with Gasteiger partial charge in [-0.3, -0.25) is 0 Å². The third kappa shape index (κ3) is 13.2. The molecule has 4 nitrogen and oxygen atoms in total. The molecule has 11 heteroatoms. The molecule has 0 saturated heterocycles. The summed E-state index contributed by atoms with van der Waals surface area (Å²) < 4.78 is 63.1. The minimum absolute atomic E-state index is 0. The maximum Gasteiger partial charge on any atom is 2.00 e. The van der Waals surface area contributed by atoms with E-state index in [0.29, 0.717) is 0 Å². The molecular formula is C4F6O4Ti. The summed E-state index contributed by atoms with van der Waals surface area (Å²) in [6.07, 6.45) is -10.4. The Morgan fingerprint density at radius 2 is 0.800 bits per heavy atom. The van der Waals surface area contributed by atoms with Gasteiger partial charge in [-0.2, -0.15) is 26.3 Å². The summed E-state index contributed by atoms with van der Waals surface area (Å²) in [6, 6.07) is 0. The van der Waals surface area contributed by atoms with Gasteiger partial charge in [0, 0.05) is 0 Å². The maximum atomic E-state index is 10.5. The van der Waals surface area contributed by atoms with E-state index in [2.05, 4.69) is 0 Å². The largest absolute Gasteiger partial charge is 2.00 e. The Morgan fingerprint density at radius 3 is 0.800 bits per heavy atom. The Balaban J connectivity index is -0.000000180. The minimum atomic E-state index is -5.19. The third-order valence-corrected chi connectivity index (χ3v) is 0.463. The van der Waals surface area contributed by atoms with E-state index >= 15 is 0 Å². The first-order chi connectivity index (χ1) is 5.89. The van der Waals surface area contributed by atoms with Crippen molar-refractivity contribution in [3.8, 4) is 0 Å². The number of rotatable bonds is 0. The summed E-state index contributed by atoms with van der Waals surface area (Å²) in [5, 5.41) is 17.6. The molecule has 0 fully saturated rings.